The Morgan fingerprint density at radius 2 is 1.71 bits per heavy atom. The first-order valence-corrected chi connectivity index (χ1v) is 13.5. The van der Waals surface area contributed by atoms with Crippen LogP contribution in [0.2, 0.25) is 0 Å². The van der Waals surface area contributed by atoms with Gasteiger partial charge in [0.25, 0.3) is 5.91 Å². The molecule has 0 saturated heterocycles. The summed E-state index contributed by atoms with van der Waals surface area (Å²) in [7, 11) is 1.93. The predicted molar refractivity (Wildman–Crippen MR) is 165 cm³/mol. The molecule has 0 radical (unpaired) electrons. The van der Waals surface area contributed by atoms with Crippen molar-refractivity contribution in [3.8, 4) is 16.8 Å². The molecule has 0 fully saturated rings. The Bertz CT molecular complexity index is 2100. The number of anilines is 1. The lowest BCUT2D eigenvalue weighted by atomic mass is 9.99. The molecule has 4 aromatic carbocycles. The van der Waals surface area contributed by atoms with Gasteiger partial charge < -0.3 is 20.2 Å². The first kappa shape index (κ1) is 24.6. The van der Waals surface area contributed by atoms with E-state index in [9.17, 15) is 4.79 Å². The molecule has 3 aromatic heterocycles. The summed E-state index contributed by atoms with van der Waals surface area (Å²) >= 11 is 0. The number of nitrogens with zero attached hydrogens (tertiary/aromatic N) is 4. The maximum Gasteiger partial charge on any atom is 0.250 e. The largest absolute Gasteiger partial charge is 0.376 e. The van der Waals surface area contributed by atoms with Crippen LogP contribution in [0.3, 0.4) is 0 Å². The van der Waals surface area contributed by atoms with E-state index in [2.05, 4.69) is 69.5 Å². The van der Waals surface area contributed by atoms with Gasteiger partial charge in [-0.2, -0.15) is 0 Å². The van der Waals surface area contributed by atoms with Crippen molar-refractivity contribution in [1.82, 2.24) is 19.1 Å². The van der Waals surface area contributed by atoms with Gasteiger partial charge in [-0.3, -0.25) is 9.78 Å². The van der Waals surface area contributed by atoms with Crippen LogP contribution in [0.5, 0.6) is 0 Å². The first-order valence-electron chi connectivity index (χ1n) is 13.5. The number of hydrogen-bond acceptors (Lipinski definition) is 4. The smallest absolute Gasteiger partial charge is 0.250 e. The molecule has 7 heteroatoms. The number of amides is 1. The lowest BCUT2D eigenvalue weighted by Crippen LogP contribution is -2.16. The third kappa shape index (κ3) is 4.19. The summed E-state index contributed by atoms with van der Waals surface area (Å²) in [4.78, 5) is 21.6. The maximum absolute atomic E-state index is 12.4. The van der Waals surface area contributed by atoms with Gasteiger partial charge in [0.2, 0.25) is 0 Å². The lowest BCUT2D eigenvalue weighted by Gasteiger charge is -2.18. The Kier molecular flexibility index (Phi) is 5.78. The maximum atomic E-state index is 12.4. The molecular weight excluding hydrogens is 508 g/mol. The molecule has 7 aromatic rings. The first-order chi connectivity index (χ1) is 20.0. The van der Waals surface area contributed by atoms with E-state index in [0.717, 1.165) is 55.2 Å². The summed E-state index contributed by atoms with van der Waals surface area (Å²) in [6.07, 6.45) is 5.67. The van der Waals surface area contributed by atoms with Gasteiger partial charge in [0.05, 0.1) is 40.2 Å². The van der Waals surface area contributed by atoms with Gasteiger partial charge in [-0.15, -0.1) is 0 Å². The van der Waals surface area contributed by atoms with Crippen LogP contribution in [0, 0.1) is 0 Å². The molecule has 3 N–H and O–H groups in total. The Labute approximate surface area is 236 Å². The number of aryl methyl sites for hydroxylation is 1. The summed E-state index contributed by atoms with van der Waals surface area (Å²) in [5.41, 5.74) is 14.0. The number of pyridine rings is 1. The normalized spacial score (nSPS) is 12.2. The minimum atomic E-state index is -0.486. The zero-order chi connectivity index (χ0) is 28.1. The molecule has 1 unspecified atom stereocenters. The highest BCUT2D eigenvalue weighted by atomic mass is 16.1. The van der Waals surface area contributed by atoms with Crippen LogP contribution in [-0.4, -0.2) is 25.0 Å². The van der Waals surface area contributed by atoms with Gasteiger partial charge in [0, 0.05) is 52.5 Å². The standard InChI is InChI=1S/C34H28N6O/c1-21(30-19-39(2)20-37-30)38-29-17-24(14-15-26(29)34(35)41)40-31-12-6-4-9-27(31)33-25(10-7-13-32(33)40)23-16-22-8-3-5-11-28(22)36-18-23/h3-21,38H,1-2H3,(H2,35,41). The minimum absolute atomic E-state index is 0.130. The van der Waals surface area contributed by atoms with Gasteiger partial charge in [-0.05, 0) is 55.0 Å². The van der Waals surface area contributed by atoms with Crippen molar-refractivity contribution in [3.63, 3.8) is 0 Å². The molecule has 0 aliphatic carbocycles. The highest BCUT2D eigenvalue weighted by Crippen LogP contribution is 2.39. The fraction of sp³-hybridized carbons (Fsp3) is 0.0882. The van der Waals surface area contributed by atoms with Crippen LogP contribution in [0.25, 0.3) is 49.5 Å². The van der Waals surface area contributed by atoms with Gasteiger partial charge in [0.1, 0.15) is 0 Å². The van der Waals surface area contributed by atoms with E-state index in [0.29, 0.717) is 11.3 Å². The van der Waals surface area contributed by atoms with Crippen molar-refractivity contribution in [1.29, 1.82) is 0 Å². The number of hydrogen-bond donors (Lipinski definition) is 2. The van der Waals surface area contributed by atoms with E-state index in [1.165, 1.54) is 0 Å². The van der Waals surface area contributed by atoms with Crippen molar-refractivity contribution in [2.45, 2.75) is 13.0 Å². The minimum Gasteiger partial charge on any atom is -0.376 e. The van der Waals surface area contributed by atoms with Crippen molar-refractivity contribution in [2.75, 3.05) is 5.32 Å². The van der Waals surface area contributed by atoms with Gasteiger partial charge >= 0.3 is 0 Å². The molecule has 0 aliphatic rings. The second-order valence-electron chi connectivity index (χ2n) is 10.4. The quantitative estimate of drug-likeness (QED) is 0.239. The molecule has 1 atom stereocenters. The number of benzene rings is 4. The van der Waals surface area contributed by atoms with Crippen molar-refractivity contribution < 1.29 is 4.79 Å². The SMILES string of the molecule is CC(Nc1cc(-n2c3ccccc3c3c(-c4cnc5ccccc5c4)cccc32)ccc1C(N)=O)c1cn(C)cn1. The number of primary amides is 1. The molecule has 3 heterocycles. The number of nitrogens with one attached hydrogen (secondary N) is 1. The van der Waals surface area contributed by atoms with Gasteiger partial charge in [0.15, 0.2) is 0 Å². The predicted octanol–water partition coefficient (Wildman–Crippen LogP) is 7.00. The average Bonchev–Trinajstić information content (AvgIpc) is 3.58. The number of carbonyl (C=O) groups is 1. The van der Waals surface area contributed by atoms with Crippen molar-refractivity contribution in [2.24, 2.45) is 12.8 Å². The molecule has 200 valence electrons. The molecule has 0 saturated carbocycles. The molecule has 1 amide bonds. The fourth-order valence-electron chi connectivity index (χ4n) is 5.73. The summed E-state index contributed by atoms with van der Waals surface area (Å²) in [6, 6.07) is 30.8. The van der Waals surface area contributed by atoms with Gasteiger partial charge in [-0.1, -0.05) is 48.5 Å². The third-order valence-corrected chi connectivity index (χ3v) is 7.67. The Balaban J connectivity index is 1.43. The summed E-state index contributed by atoms with van der Waals surface area (Å²) in [6.45, 7) is 2.02. The van der Waals surface area contributed by atoms with E-state index in [4.69, 9.17) is 10.7 Å². The molecule has 0 bridgehead atoms. The second-order valence-corrected chi connectivity index (χ2v) is 10.4. The van der Waals surface area contributed by atoms with E-state index in [-0.39, 0.29) is 6.04 Å². The average molecular weight is 537 g/mol. The summed E-state index contributed by atoms with van der Waals surface area (Å²) < 4.78 is 4.14. The van der Waals surface area contributed by atoms with Crippen LogP contribution < -0.4 is 11.1 Å². The van der Waals surface area contributed by atoms with Crippen LogP contribution in [-0.2, 0) is 7.05 Å². The molecule has 0 aliphatic heterocycles. The van der Waals surface area contributed by atoms with Crippen molar-refractivity contribution >= 4 is 44.3 Å². The molecule has 7 rings (SSSR count). The zero-order valence-corrected chi connectivity index (χ0v) is 22.7. The summed E-state index contributed by atoms with van der Waals surface area (Å²) in [5.74, 6) is -0.486. The van der Waals surface area contributed by atoms with Crippen LogP contribution in [0.4, 0.5) is 5.69 Å². The number of rotatable bonds is 6. The number of imidazole rings is 1. The van der Waals surface area contributed by atoms with E-state index >= 15 is 0 Å². The number of fused-ring (bicyclic) bond motifs is 4. The zero-order valence-electron chi connectivity index (χ0n) is 22.7. The lowest BCUT2D eigenvalue weighted by molar-refractivity contribution is 0.100. The Morgan fingerprint density at radius 3 is 2.54 bits per heavy atom. The number of carbonyl (C=O) groups excluding carboxylic acids is 1. The topological polar surface area (TPSA) is 90.8 Å². The Morgan fingerprint density at radius 1 is 0.902 bits per heavy atom. The molecule has 0 spiro atoms. The second kappa shape index (κ2) is 9.64. The highest BCUT2D eigenvalue weighted by Gasteiger charge is 2.19. The fourth-order valence-corrected chi connectivity index (χ4v) is 5.73. The molecular formula is C34H28N6O. The highest BCUT2D eigenvalue weighted by molar-refractivity contribution is 6.16. The van der Waals surface area contributed by atoms with E-state index in [1.54, 1.807) is 12.4 Å². The van der Waals surface area contributed by atoms with Crippen LogP contribution >= 0.6 is 0 Å². The van der Waals surface area contributed by atoms with Gasteiger partial charge in [-0.25, -0.2) is 4.98 Å². The van der Waals surface area contributed by atoms with E-state index < -0.39 is 5.91 Å². The Hall–Kier alpha value is -5.43. The number of nitrogens with two attached hydrogens (primary N) is 1. The third-order valence-electron chi connectivity index (χ3n) is 7.67. The van der Waals surface area contributed by atoms with Crippen molar-refractivity contribution in [3.05, 3.63) is 121 Å². The van der Waals surface area contributed by atoms with Crippen LogP contribution in [0.1, 0.15) is 29.0 Å². The molecule has 7 nitrogen and oxygen atoms in total. The monoisotopic (exact) mass is 536 g/mol. The number of aromatic nitrogens is 4. The van der Waals surface area contributed by atoms with Crippen LogP contribution in [0.15, 0.2) is 110 Å². The molecule has 41 heavy (non-hydrogen) atoms. The summed E-state index contributed by atoms with van der Waals surface area (Å²) in [5, 5.41) is 6.87. The van der Waals surface area contributed by atoms with E-state index in [1.807, 2.05) is 61.3 Å². The number of para-hydroxylation sites is 2.